The van der Waals surface area contributed by atoms with Gasteiger partial charge in [-0.2, -0.15) is 0 Å². The van der Waals surface area contributed by atoms with Crippen molar-refractivity contribution in [3.8, 4) is 0 Å². The largest absolute Gasteiger partial charge is 0.390 e. The van der Waals surface area contributed by atoms with Gasteiger partial charge in [-0.25, -0.2) is 13.8 Å². The van der Waals surface area contributed by atoms with E-state index in [-0.39, 0.29) is 18.0 Å². The Bertz CT molecular complexity index is 317. The summed E-state index contributed by atoms with van der Waals surface area (Å²) >= 11 is 1.95. The molecule has 0 spiro atoms. The van der Waals surface area contributed by atoms with Crippen LogP contribution in [0.3, 0.4) is 0 Å². The van der Waals surface area contributed by atoms with Crippen molar-refractivity contribution < 1.29 is 13.9 Å². The molecule has 0 aromatic carbocycles. The molecule has 2 nitrogen and oxygen atoms in total. The van der Waals surface area contributed by atoms with Crippen LogP contribution >= 0.6 is 22.6 Å². The zero-order chi connectivity index (χ0) is 10.0. The van der Waals surface area contributed by atoms with Crippen LogP contribution in [-0.2, 0) is 6.61 Å². The Labute approximate surface area is 88.1 Å². The van der Waals surface area contributed by atoms with E-state index in [1.807, 2.05) is 22.6 Å². The van der Waals surface area contributed by atoms with Crippen molar-refractivity contribution >= 4 is 22.6 Å². The van der Waals surface area contributed by atoms with Crippen LogP contribution in [0.15, 0.2) is 6.07 Å². The van der Waals surface area contributed by atoms with Gasteiger partial charge in [0, 0.05) is 3.57 Å². The lowest BCUT2D eigenvalue weighted by molar-refractivity contribution is 0.144. The predicted octanol–water partition coefficient (Wildman–Crippen LogP) is 2.42. The Kier molecular flexibility index (Phi) is 3.55. The molecule has 1 N–H and O–H groups in total. The number of aliphatic hydroxyl groups excluding tert-OH is 1. The number of pyridine rings is 1. The van der Waals surface area contributed by atoms with Crippen LogP contribution < -0.4 is 0 Å². The van der Waals surface area contributed by atoms with Gasteiger partial charge in [0.2, 0.25) is 0 Å². The van der Waals surface area contributed by atoms with E-state index in [0.29, 0.717) is 9.13 Å². The second kappa shape index (κ2) is 4.28. The Balaban J connectivity index is 3.25. The van der Waals surface area contributed by atoms with Crippen LogP contribution in [0.25, 0.3) is 0 Å². The van der Waals surface area contributed by atoms with Gasteiger partial charge in [0.1, 0.15) is 5.69 Å². The number of hydrogen-bond donors (Lipinski definition) is 1. The van der Waals surface area contributed by atoms with Crippen molar-refractivity contribution in [1.29, 1.82) is 0 Å². The third-order valence-electron chi connectivity index (χ3n) is 1.67. The molecular weight excluding hydrogens is 291 g/mol. The SMILES string of the molecule is Cc1c(I)cc(CO)nc1C(F)F. The third kappa shape index (κ3) is 2.34. The monoisotopic (exact) mass is 299 g/mol. The van der Waals surface area contributed by atoms with Crippen LogP contribution in [0, 0.1) is 10.5 Å². The van der Waals surface area contributed by atoms with Crippen LogP contribution in [0.4, 0.5) is 8.78 Å². The number of rotatable bonds is 2. The highest BCUT2D eigenvalue weighted by Gasteiger charge is 2.15. The molecular formula is C8H8F2INO. The Morgan fingerprint density at radius 3 is 2.69 bits per heavy atom. The quantitative estimate of drug-likeness (QED) is 0.851. The summed E-state index contributed by atoms with van der Waals surface area (Å²) in [4.78, 5) is 3.65. The van der Waals surface area contributed by atoms with Crippen molar-refractivity contribution in [2.24, 2.45) is 0 Å². The second-order valence-electron chi connectivity index (χ2n) is 2.56. The minimum absolute atomic E-state index is 0.240. The number of alkyl halides is 2. The number of halogens is 3. The molecule has 72 valence electrons. The zero-order valence-corrected chi connectivity index (χ0v) is 9.05. The standard InChI is InChI=1S/C8H8F2INO/c1-4-6(11)2-5(3-13)12-7(4)8(9)10/h2,8,13H,3H2,1H3. The van der Waals surface area contributed by atoms with Crippen molar-refractivity contribution in [1.82, 2.24) is 4.98 Å². The van der Waals surface area contributed by atoms with Gasteiger partial charge in [-0.3, -0.25) is 0 Å². The summed E-state index contributed by atoms with van der Waals surface area (Å²) in [6, 6.07) is 1.60. The van der Waals surface area contributed by atoms with Gasteiger partial charge in [-0.1, -0.05) is 0 Å². The van der Waals surface area contributed by atoms with E-state index in [1.54, 1.807) is 13.0 Å². The maximum absolute atomic E-state index is 12.4. The van der Waals surface area contributed by atoms with E-state index in [1.165, 1.54) is 0 Å². The normalized spacial score (nSPS) is 10.9. The van der Waals surface area contributed by atoms with Crippen LogP contribution in [0.5, 0.6) is 0 Å². The van der Waals surface area contributed by atoms with Crippen molar-refractivity contribution in [3.63, 3.8) is 0 Å². The first-order valence-electron chi connectivity index (χ1n) is 3.61. The first-order chi connectivity index (χ1) is 6.06. The van der Waals surface area contributed by atoms with E-state index >= 15 is 0 Å². The maximum Gasteiger partial charge on any atom is 0.280 e. The molecule has 0 amide bonds. The molecule has 0 atom stereocenters. The van der Waals surface area contributed by atoms with Gasteiger partial charge in [0.05, 0.1) is 12.3 Å². The molecule has 0 aliphatic heterocycles. The summed E-state index contributed by atoms with van der Waals surface area (Å²) in [7, 11) is 0. The van der Waals surface area contributed by atoms with Gasteiger partial charge in [0.15, 0.2) is 0 Å². The number of nitrogens with zero attached hydrogens (tertiary/aromatic N) is 1. The fourth-order valence-electron chi connectivity index (χ4n) is 0.941. The molecule has 0 radical (unpaired) electrons. The molecule has 0 fully saturated rings. The van der Waals surface area contributed by atoms with E-state index in [9.17, 15) is 8.78 Å². The van der Waals surface area contributed by atoms with E-state index < -0.39 is 6.43 Å². The molecule has 0 aliphatic carbocycles. The lowest BCUT2D eigenvalue weighted by atomic mass is 10.2. The summed E-state index contributed by atoms with van der Waals surface area (Å²) in [6.45, 7) is 1.29. The summed E-state index contributed by atoms with van der Waals surface area (Å²) in [5.41, 5.74) is 0.522. The van der Waals surface area contributed by atoms with Gasteiger partial charge >= 0.3 is 0 Å². The smallest absolute Gasteiger partial charge is 0.280 e. The molecule has 1 aromatic rings. The third-order valence-corrected chi connectivity index (χ3v) is 2.79. The maximum atomic E-state index is 12.4. The highest BCUT2D eigenvalue weighted by molar-refractivity contribution is 14.1. The molecule has 1 heterocycles. The molecule has 1 rings (SSSR count). The fraction of sp³-hybridized carbons (Fsp3) is 0.375. The van der Waals surface area contributed by atoms with Crippen molar-refractivity contribution in [2.75, 3.05) is 0 Å². The minimum atomic E-state index is -2.58. The van der Waals surface area contributed by atoms with E-state index in [2.05, 4.69) is 4.98 Å². The van der Waals surface area contributed by atoms with Crippen molar-refractivity contribution in [2.45, 2.75) is 20.0 Å². The first-order valence-corrected chi connectivity index (χ1v) is 4.69. The Morgan fingerprint density at radius 1 is 1.62 bits per heavy atom. The number of hydrogen-bond acceptors (Lipinski definition) is 2. The minimum Gasteiger partial charge on any atom is -0.390 e. The molecule has 1 aromatic heterocycles. The number of aromatic nitrogens is 1. The molecule has 0 bridgehead atoms. The van der Waals surface area contributed by atoms with Gasteiger partial charge in [-0.15, -0.1) is 0 Å². The molecule has 0 saturated carbocycles. The average Bonchev–Trinajstić information content (AvgIpc) is 2.09. The molecule has 5 heteroatoms. The highest BCUT2D eigenvalue weighted by Crippen LogP contribution is 2.24. The second-order valence-corrected chi connectivity index (χ2v) is 3.73. The van der Waals surface area contributed by atoms with Gasteiger partial charge < -0.3 is 5.11 Å². The molecule has 0 saturated heterocycles. The molecule has 0 aliphatic rings. The van der Waals surface area contributed by atoms with E-state index in [4.69, 9.17) is 5.11 Å². The van der Waals surface area contributed by atoms with E-state index in [0.717, 1.165) is 0 Å². The lowest BCUT2D eigenvalue weighted by Gasteiger charge is -2.07. The zero-order valence-electron chi connectivity index (χ0n) is 6.89. The van der Waals surface area contributed by atoms with Crippen LogP contribution in [-0.4, -0.2) is 10.1 Å². The molecule has 13 heavy (non-hydrogen) atoms. The van der Waals surface area contributed by atoms with Gasteiger partial charge in [-0.05, 0) is 41.1 Å². The van der Waals surface area contributed by atoms with Crippen LogP contribution in [0.1, 0.15) is 23.4 Å². The topological polar surface area (TPSA) is 33.1 Å². The average molecular weight is 299 g/mol. The molecule has 0 unspecified atom stereocenters. The van der Waals surface area contributed by atoms with Crippen molar-refractivity contribution in [3.05, 3.63) is 26.6 Å². The summed E-state index contributed by atoms with van der Waals surface area (Å²) < 4.78 is 25.5. The number of aliphatic hydroxyl groups is 1. The Hall–Kier alpha value is -0.300. The summed E-state index contributed by atoms with van der Waals surface area (Å²) in [5.74, 6) is 0. The lowest BCUT2D eigenvalue weighted by Crippen LogP contribution is -2.01. The predicted molar refractivity (Wildman–Crippen MR) is 52.6 cm³/mol. The first kappa shape index (κ1) is 10.8. The summed E-state index contributed by atoms with van der Waals surface area (Å²) in [5, 5.41) is 8.75. The highest BCUT2D eigenvalue weighted by atomic mass is 127. The summed E-state index contributed by atoms with van der Waals surface area (Å²) in [6.07, 6.45) is -2.58. The fourth-order valence-corrected chi connectivity index (χ4v) is 1.58. The van der Waals surface area contributed by atoms with Gasteiger partial charge in [0.25, 0.3) is 6.43 Å². The van der Waals surface area contributed by atoms with Crippen LogP contribution in [0.2, 0.25) is 0 Å². The Morgan fingerprint density at radius 2 is 2.23 bits per heavy atom.